The van der Waals surface area contributed by atoms with Crippen molar-refractivity contribution in [2.75, 3.05) is 31.1 Å². The van der Waals surface area contributed by atoms with Gasteiger partial charge in [-0.2, -0.15) is 0 Å². The Balaban J connectivity index is 1.31. The zero-order valence-electron chi connectivity index (χ0n) is 16.9. The highest BCUT2D eigenvalue weighted by Gasteiger charge is 2.33. The third kappa shape index (κ3) is 4.79. The number of piperidine rings is 2. The van der Waals surface area contributed by atoms with Crippen molar-refractivity contribution < 1.29 is 13.2 Å². The van der Waals surface area contributed by atoms with Gasteiger partial charge in [-0.1, -0.05) is 18.2 Å². The molecule has 0 aliphatic carbocycles. The second kappa shape index (κ2) is 9.09. The van der Waals surface area contributed by atoms with Crippen molar-refractivity contribution in [3.8, 4) is 0 Å². The Morgan fingerprint density at radius 1 is 1.03 bits per heavy atom. The highest BCUT2D eigenvalue weighted by atomic mass is 32.2. The van der Waals surface area contributed by atoms with Crippen LogP contribution < -0.4 is 9.62 Å². The normalized spacial score (nSPS) is 20.9. The van der Waals surface area contributed by atoms with E-state index in [-0.39, 0.29) is 22.8 Å². The number of aromatic nitrogens is 2. The van der Waals surface area contributed by atoms with E-state index < -0.39 is 10.0 Å². The molecule has 3 heterocycles. The molecule has 30 heavy (non-hydrogen) atoms. The van der Waals surface area contributed by atoms with Crippen LogP contribution in [0.15, 0.2) is 53.8 Å². The first-order valence-electron chi connectivity index (χ1n) is 10.4. The van der Waals surface area contributed by atoms with E-state index in [1.165, 1.54) is 0 Å². The summed E-state index contributed by atoms with van der Waals surface area (Å²) in [6, 6.07) is 8.25. The number of hydrogen-bond acceptors (Lipinski definition) is 6. The van der Waals surface area contributed by atoms with Crippen LogP contribution in [-0.2, 0) is 14.8 Å². The molecule has 9 heteroatoms. The third-order valence-electron chi connectivity index (χ3n) is 5.83. The van der Waals surface area contributed by atoms with Gasteiger partial charge < -0.3 is 9.80 Å². The van der Waals surface area contributed by atoms with Crippen LogP contribution in [0.25, 0.3) is 0 Å². The Morgan fingerprint density at radius 2 is 1.80 bits per heavy atom. The minimum Gasteiger partial charge on any atom is -0.355 e. The molecule has 1 atom stereocenters. The maximum absolute atomic E-state index is 13.1. The molecule has 0 radical (unpaired) electrons. The number of amides is 1. The fraction of sp³-hybridized carbons (Fsp3) is 0.476. The summed E-state index contributed by atoms with van der Waals surface area (Å²) >= 11 is 0. The minimum atomic E-state index is -3.53. The monoisotopic (exact) mass is 429 g/mol. The second-order valence-electron chi connectivity index (χ2n) is 7.88. The Hall–Kier alpha value is -2.52. The van der Waals surface area contributed by atoms with Crippen LogP contribution in [0.5, 0.6) is 0 Å². The maximum atomic E-state index is 13.1. The zero-order valence-corrected chi connectivity index (χ0v) is 17.7. The predicted octanol–water partition coefficient (Wildman–Crippen LogP) is 1.66. The lowest BCUT2D eigenvalue weighted by Gasteiger charge is -2.38. The summed E-state index contributed by atoms with van der Waals surface area (Å²) < 4.78 is 27.8. The number of hydrogen-bond donors (Lipinski definition) is 1. The van der Waals surface area contributed by atoms with Crippen LogP contribution in [0.2, 0.25) is 0 Å². The van der Waals surface area contributed by atoms with E-state index in [1.54, 1.807) is 48.9 Å². The van der Waals surface area contributed by atoms with Gasteiger partial charge in [-0.25, -0.2) is 18.1 Å². The second-order valence-corrected chi connectivity index (χ2v) is 9.60. The fourth-order valence-electron chi connectivity index (χ4n) is 4.20. The van der Waals surface area contributed by atoms with Crippen LogP contribution >= 0.6 is 0 Å². The highest BCUT2D eigenvalue weighted by molar-refractivity contribution is 7.89. The van der Waals surface area contributed by atoms with Crippen LogP contribution in [0.3, 0.4) is 0 Å². The first-order valence-corrected chi connectivity index (χ1v) is 11.9. The van der Waals surface area contributed by atoms with Gasteiger partial charge in [0.1, 0.15) is 5.82 Å². The zero-order chi connectivity index (χ0) is 21.0. The molecule has 160 valence electrons. The third-order valence-corrected chi connectivity index (χ3v) is 7.36. The first kappa shape index (κ1) is 20.7. The van der Waals surface area contributed by atoms with Crippen molar-refractivity contribution in [3.63, 3.8) is 0 Å². The molecule has 2 saturated heterocycles. The number of nitrogens with zero attached hydrogens (tertiary/aromatic N) is 4. The SMILES string of the molecule is O=C(C1CCCN(c2cnccn2)C1)N1CCC(NS(=O)(=O)c2ccccc2)CC1. The van der Waals surface area contributed by atoms with Gasteiger partial charge in [0.2, 0.25) is 15.9 Å². The van der Waals surface area contributed by atoms with E-state index in [4.69, 9.17) is 0 Å². The van der Waals surface area contributed by atoms with Gasteiger partial charge in [0, 0.05) is 44.6 Å². The van der Waals surface area contributed by atoms with Crippen LogP contribution in [-0.4, -0.2) is 61.4 Å². The molecule has 1 N–H and O–H groups in total. The molecule has 2 aliphatic rings. The standard InChI is InChI=1S/C21H27N5O3S/c27-21(17-5-4-12-26(16-17)20-15-22-10-11-23-20)25-13-8-18(9-14-25)24-30(28,29)19-6-2-1-3-7-19/h1-3,6-7,10-11,15,17-18,24H,4-5,8-9,12-14,16H2. The number of carbonyl (C=O) groups is 1. The number of rotatable bonds is 5. The molecule has 2 aromatic rings. The molecule has 2 fully saturated rings. The molecule has 0 bridgehead atoms. The van der Waals surface area contributed by atoms with Crippen molar-refractivity contribution >= 4 is 21.7 Å². The summed E-state index contributed by atoms with van der Waals surface area (Å²) in [5.74, 6) is 0.912. The van der Waals surface area contributed by atoms with Crippen molar-refractivity contribution in [2.45, 2.75) is 36.6 Å². The fourth-order valence-corrected chi connectivity index (χ4v) is 5.53. The maximum Gasteiger partial charge on any atom is 0.240 e. The topological polar surface area (TPSA) is 95.5 Å². The van der Waals surface area contributed by atoms with E-state index in [0.29, 0.717) is 32.5 Å². The van der Waals surface area contributed by atoms with E-state index in [2.05, 4.69) is 19.6 Å². The van der Waals surface area contributed by atoms with Crippen molar-refractivity contribution in [1.29, 1.82) is 0 Å². The first-order chi connectivity index (χ1) is 14.5. The number of benzene rings is 1. The Bertz CT molecular complexity index is 947. The molecule has 0 spiro atoms. The van der Waals surface area contributed by atoms with E-state index in [0.717, 1.165) is 25.2 Å². The number of nitrogens with one attached hydrogen (secondary N) is 1. The predicted molar refractivity (Wildman–Crippen MR) is 113 cm³/mol. The van der Waals surface area contributed by atoms with Gasteiger partial charge in [0.15, 0.2) is 0 Å². The summed E-state index contributed by atoms with van der Waals surface area (Å²) in [5, 5.41) is 0. The summed E-state index contributed by atoms with van der Waals surface area (Å²) in [7, 11) is -3.53. The lowest BCUT2D eigenvalue weighted by molar-refractivity contribution is -0.136. The Labute approximate surface area is 177 Å². The molecule has 1 unspecified atom stereocenters. The van der Waals surface area contributed by atoms with E-state index in [9.17, 15) is 13.2 Å². The Kier molecular flexibility index (Phi) is 6.29. The molecule has 4 rings (SSSR count). The summed E-state index contributed by atoms with van der Waals surface area (Å²) in [6.45, 7) is 2.68. The summed E-state index contributed by atoms with van der Waals surface area (Å²) in [4.78, 5) is 25.8. The molecule has 1 aromatic heterocycles. The molecule has 1 aromatic carbocycles. The number of likely N-dealkylation sites (tertiary alicyclic amines) is 1. The van der Waals surface area contributed by atoms with Crippen LogP contribution in [0.1, 0.15) is 25.7 Å². The molecule has 8 nitrogen and oxygen atoms in total. The van der Waals surface area contributed by atoms with Gasteiger partial charge in [-0.3, -0.25) is 9.78 Å². The highest BCUT2D eigenvalue weighted by Crippen LogP contribution is 2.24. The van der Waals surface area contributed by atoms with Crippen molar-refractivity contribution in [2.24, 2.45) is 5.92 Å². The Morgan fingerprint density at radius 3 is 2.50 bits per heavy atom. The van der Waals surface area contributed by atoms with Gasteiger partial charge in [-0.15, -0.1) is 0 Å². The minimum absolute atomic E-state index is 0.0571. The molecular formula is C21H27N5O3S. The smallest absolute Gasteiger partial charge is 0.240 e. The molecular weight excluding hydrogens is 402 g/mol. The van der Waals surface area contributed by atoms with Gasteiger partial charge in [-0.05, 0) is 37.8 Å². The average molecular weight is 430 g/mol. The van der Waals surface area contributed by atoms with Crippen molar-refractivity contribution in [3.05, 3.63) is 48.9 Å². The van der Waals surface area contributed by atoms with Gasteiger partial charge in [0.25, 0.3) is 0 Å². The molecule has 0 saturated carbocycles. The van der Waals surface area contributed by atoms with Crippen LogP contribution in [0.4, 0.5) is 5.82 Å². The van der Waals surface area contributed by atoms with Crippen LogP contribution in [0, 0.1) is 5.92 Å². The van der Waals surface area contributed by atoms with E-state index in [1.807, 2.05) is 4.90 Å². The van der Waals surface area contributed by atoms with Gasteiger partial charge >= 0.3 is 0 Å². The number of anilines is 1. The van der Waals surface area contributed by atoms with E-state index >= 15 is 0 Å². The lowest BCUT2D eigenvalue weighted by atomic mass is 9.95. The number of sulfonamides is 1. The lowest BCUT2D eigenvalue weighted by Crippen LogP contribution is -2.50. The van der Waals surface area contributed by atoms with Crippen molar-refractivity contribution in [1.82, 2.24) is 19.6 Å². The summed E-state index contributed by atoms with van der Waals surface area (Å²) in [6.07, 6.45) is 8.11. The molecule has 2 aliphatic heterocycles. The average Bonchev–Trinajstić information content (AvgIpc) is 2.80. The largest absolute Gasteiger partial charge is 0.355 e. The summed E-state index contributed by atoms with van der Waals surface area (Å²) in [5.41, 5.74) is 0. The molecule has 1 amide bonds. The quantitative estimate of drug-likeness (QED) is 0.777. The number of carbonyl (C=O) groups excluding carboxylic acids is 1. The van der Waals surface area contributed by atoms with Gasteiger partial charge in [0.05, 0.1) is 17.0 Å².